The fourth-order valence-electron chi connectivity index (χ4n) is 3.10. The second kappa shape index (κ2) is 7.79. The Bertz CT molecular complexity index is 1240. The van der Waals surface area contributed by atoms with Crippen molar-refractivity contribution in [3.05, 3.63) is 84.1 Å². The molecule has 1 aliphatic heterocycles. The van der Waals surface area contributed by atoms with Crippen LogP contribution in [0.1, 0.15) is 21.5 Å². The summed E-state index contributed by atoms with van der Waals surface area (Å²) in [4.78, 5) is 12.7. The third-order valence-corrected chi connectivity index (χ3v) is 4.77. The van der Waals surface area contributed by atoms with Crippen molar-refractivity contribution in [3.63, 3.8) is 0 Å². The Morgan fingerprint density at radius 2 is 1.74 bits per heavy atom. The number of methoxy groups -OCH3 is 1. The molecular formula is C24H18O7. The molecule has 0 atom stereocenters. The molecule has 156 valence electrons. The lowest BCUT2D eigenvalue weighted by molar-refractivity contribution is 0.105. The lowest BCUT2D eigenvalue weighted by atomic mass is 9.97. The molecule has 7 nitrogen and oxygen atoms in total. The van der Waals surface area contributed by atoms with Crippen LogP contribution in [-0.4, -0.2) is 28.2 Å². The lowest BCUT2D eigenvalue weighted by Gasteiger charge is -2.20. The highest BCUT2D eigenvalue weighted by atomic mass is 16.6. The van der Waals surface area contributed by atoms with Crippen LogP contribution in [-0.2, 0) is 0 Å². The summed E-state index contributed by atoms with van der Waals surface area (Å²) in [6, 6.07) is 13.4. The molecule has 31 heavy (non-hydrogen) atoms. The van der Waals surface area contributed by atoms with Crippen LogP contribution >= 0.6 is 0 Å². The number of carbonyl (C=O) groups is 1. The molecule has 0 saturated heterocycles. The summed E-state index contributed by atoms with van der Waals surface area (Å²) in [6.07, 6.45) is 1.41. The van der Waals surface area contributed by atoms with Gasteiger partial charge in [-0.05, 0) is 48.0 Å². The van der Waals surface area contributed by atoms with E-state index in [9.17, 15) is 20.1 Å². The average Bonchev–Trinajstić information content (AvgIpc) is 2.77. The van der Waals surface area contributed by atoms with E-state index < -0.39 is 5.78 Å². The van der Waals surface area contributed by atoms with Crippen LogP contribution in [0.15, 0.2) is 67.4 Å². The highest BCUT2D eigenvalue weighted by molar-refractivity contribution is 6.29. The highest BCUT2D eigenvalue weighted by Crippen LogP contribution is 2.39. The standard InChI is InChI=1S/C24H18O7/c1-13(24(28)17-6-5-16(25)11-19(17)27)14-4-8-20-22(9-14)30-12-23(31-20)15-3-7-18(26)21(10-15)29-2/h3-12,25-27H,1H2,2H3. The number of carbonyl (C=O) groups excluding carboxylic acids is 1. The lowest BCUT2D eigenvalue weighted by Crippen LogP contribution is -2.06. The van der Waals surface area contributed by atoms with Gasteiger partial charge in [-0.15, -0.1) is 0 Å². The topological polar surface area (TPSA) is 105 Å². The predicted octanol–water partition coefficient (Wildman–Crippen LogP) is 4.48. The molecule has 0 spiro atoms. The maximum Gasteiger partial charge on any atom is 0.196 e. The molecule has 0 fully saturated rings. The molecule has 0 saturated carbocycles. The highest BCUT2D eigenvalue weighted by Gasteiger charge is 2.21. The molecule has 0 amide bonds. The average molecular weight is 418 g/mol. The SMILES string of the molecule is C=C(C(=O)c1ccc(O)cc1O)c1ccc2c(c1)OC=C(c1ccc(O)c(OC)c1)O2. The molecule has 0 bridgehead atoms. The van der Waals surface area contributed by atoms with E-state index in [-0.39, 0.29) is 28.4 Å². The normalized spacial score (nSPS) is 12.1. The maximum absolute atomic E-state index is 12.7. The molecule has 0 aliphatic carbocycles. The third kappa shape index (κ3) is 3.76. The molecule has 3 aromatic rings. The molecule has 3 aromatic carbocycles. The van der Waals surface area contributed by atoms with Gasteiger partial charge in [-0.25, -0.2) is 0 Å². The molecule has 1 heterocycles. The maximum atomic E-state index is 12.7. The van der Waals surface area contributed by atoms with Crippen molar-refractivity contribution >= 4 is 17.1 Å². The molecule has 4 rings (SSSR count). The first-order valence-corrected chi connectivity index (χ1v) is 9.19. The number of allylic oxidation sites excluding steroid dienone is 1. The Kier molecular flexibility index (Phi) is 5.00. The van der Waals surface area contributed by atoms with Crippen LogP contribution in [0.25, 0.3) is 11.3 Å². The van der Waals surface area contributed by atoms with Crippen LogP contribution in [0.3, 0.4) is 0 Å². The largest absolute Gasteiger partial charge is 0.508 e. The number of ketones is 1. The van der Waals surface area contributed by atoms with Crippen LogP contribution in [0, 0.1) is 0 Å². The number of fused-ring (bicyclic) bond motifs is 1. The van der Waals surface area contributed by atoms with Crippen LogP contribution in [0.2, 0.25) is 0 Å². The van der Waals surface area contributed by atoms with Crippen LogP contribution in [0.4, 0.5) is 0 Å². The Morgan fingerprint density at radius 1 is 0.935 bits per heavy atom. The van der Waals surface area contributed by atoms with Gasteiger partial charge >= 0.3 is 0 Å². The molecule has 7 heteroatoms. The fourth-order valence-corrected chi connectivity index (χ4v) is 3.10. The van der Waals surface area contributed by atoms with Gasteiger partial charge in [0, 0.05) is 17.2 Å². The van der Waals surface area contributed by atoms with E-state index in [0.29, 0.717) is 34.1 Å². The number of phenols is 3. The first kappa shape index (κ1) is 19.9. The van der Waals surface area contributed by atoms with E-state index in [4.69, 9.17) is 14.2 Å². The van der Waals surface area contributed by atoms with E-state index >= 15 is 0 Å². The summed E-state index contributed by atoms with van der Waals surface area (Å²) in [5.41, 5.74) is 1.31. The van der Waals surface area contributed by atoms with Gasteiger partial charge in [-0.1, -0.05) is 12.6 Å². The van der Waals surface area contributed by atoms with Crippen molar-refractivity contribution in [1.29, 1.82) is 0 Å². The molecule has 3 N–H and O–H groups in total. The molecular weight excluding hydrogens is 400 g/mol. The summed E-state index contributed by atoms with van der Waals surface area (Å²) in [5.74, 6) is 0.585. The van der Waals surface area contributed by atoms with Crippen molar-refractivity contribution < 1.29 is 34.3 Å². The summed E-state index contributed by atoms with van der Waals surface area (Å²) < 4.78 is 16.7. The minimum Gasteiger partial charge on any atom is -0.508 e. The van der Waals surface area contributed by atoms with Gasteiger partial charge in [0.1, 0.15) is 17.8 Å². The number of benzene rings is 3. The zero-order valence-corrected chi connectivity index (χ0v) is 16.5. The molecule has 0 radical (unpaired) electrons. The number of aromatic hydroxyl groups is 3. The predicted molar refractivity (Wildman–Crippen MR) is 113 cm³/mol. The smallest absolute Gasteiger partial charge is 0.196 e. The zero-order chi connectivity index (χ0) is 22.1. The zero-order valence-electron chi connectivity index (χ0n) is 16.5. The van der Waals surface area contributed by atoms with Crippen molar-refractivity contribution in [1.82, 2.24) is 0 Å². The van der Waals surface area contributed by atoms with Gasteiger partial charge in [0.2, 0.25) is 0 Å². The van der Waals surface area contributed by atoms with Gasteiger partial charge in [0.15, 0.2) is 34.5 Å². The van der Waals surface area contributed by atoms with Crippen LogP contribution < -0.4 is 14.2 Å². The van der Waals surface area contributed by atoms with Gasteiger partial charge in [0.05, 0.1) is 12.7 Å². The number of rotatable bonds is 5. The van der Waals surface area contributed by atoms with E-state index in [1.165, 1.54) is 31.6 Å². The minimum atomic E-state index is -0.485. The van der Waals surface area contributed by atoms with Crippen molar-refractivity contribution in [2.75, 3.05) is 7.11 Å². The fraction of sp³-hybridized carbons (Fsp3) is 0.0417. The number of hydrogen-bond acceptors (Lipinski definition) is 7. The van der Waals surface area contributed by atoms with Crippen LogP contribution in [0.5, 0.6) is 34.5 Å². The number of hydrogen-bond donors (Lipinski definition) is 3. The summed E-state index contributed by atoms with van der Waals surface area (Å²) in [7, 11) is 1.45. The summed E-state index contributed by atoms with van der Waals surface area (Å²) in [5, 5.41) is 29.1. The van der Waals surface area contributed by atoms with Gasteiger partial charge < -0.3 is 29.5 Å². The van der Waals surface area contributed by atoms with Gasteiger partial charge in [-0.3, -0.25) is 4.79 Å². The number of phenolic OH excluding ortho intramolecular Hbond substituents is 3. The van der Waals surface area contributed by atoms with E-state index in [1.54, 1.807) is 30.3 Å². The third-order valence-electron chi connectivity index (χ3n) is 4.77. The molecule has 0 unspecified atom stereocenters. The first-order chi connectivity index (χ1) is 14.9. The Labute approximate surface area is 177 Å². The summed E-state index contributed by atoms with van der Waals surface area (Å²) in [6.45, 7) is 3.83. The van der Waals surface area contributed by atoms with E-state index in [0.717, 1.165) is 6.07 Å². The summed E-state index contributed by atoms with van der Waals surface area (Å²) >= 11 is 0. The van der Waals surface area contributed by atoms with Crippen molar-refractivity contribution in [2.45, 2.75) is 0 Å². The minimum absolute atomic E-state index is 0.0106. The molecule has 0 aromatic heterocycles. The number of ether oxygens (including phenoxy) is 3. The van der Waals surface area contributed by atoms with E-state index in [2.05, 4.69) is 6.58 Å². The quantitative estimate of drug-likeness (QED) is 0.414. The Balaban J connectivity index is 1.57. The monoisotopic (exact) mass is 418 g/mol. The van der Waals surface area contributed by atoms with Crippen molar-refractivity contribution in [3.8, 4) is 34.5 Å². The molecule has 1 aliphatic rings. The van der Waals surface area contributed by atoms with Gasteiger partial charge in [-0.2, -0.15) is 0 Å². The Morgan fingerprint density at radius 3 is 2.48 bits per heavy atom. The second-order valence-electron chi connectivity index (χ2n) is 6.76. The number of Topliss-reactive ketones (excluding diaryl/α,β-unsaturated/α-hetero) is 1. The second-order valence-corrected chi connectivity index (χ2v) is 6.76. The van der Waals surface area contributed by atoms with E-state index in [1.807, 2.05) is 0 Å². The van der Waals surface area contributed by atoms with Gasteiger partial charge in [0.25, 0.3) is 0 Å². The Hall–Kier alpha value is -4.39. The van der Waals surface area contributed by atoms with Crippen molar-refractivity contribution in [2.24, 2.45) is 0 Å². The first-order valence-electron chi connectivity index (χ1n) is 9.19.